The number of hydrogen-bond acceptors (Lipinski definition) is 2. The number of hydrogen-bond donors (Lipinski definition) is 1. The highest BCUT2D eigenvalue weighted by Crippen LogP contribution is 2.12. The predicted octanol–water partition coefficient (Wildman–Crippen LogP) is 1.39. The Morgan fingerprint density at radius 1 is 1.44 bits per heavy atom. The van der Waals surface area contributed by atoms with Gasteiger partial charge in [-0.05, 0) is 25.1 Å². The maximum absolute atomic E-state index is 13.3. The Labute approximate surface area is 92.8 Å². The summed E-state index contributed by atoms with van der Waals surface area (Å²) >= 11 is 0. The second-order valence-electron chi connectivity index (χ2n) is 3.30. The number of nitrogens with zero attached hydrogens (tertiary/aromatic N) is 1. The first kappa shape index (κ1) is 12.6. The second kappa shape index (κ2) is 5.55. The van der Waals surface area contributed by atoms with E-state index >= 15 is 0 Å². The number of nitrogens with two attached hydrogens (primary N) is 1. The van der Waals surface area contributed by atoms with Gasteiger partial charge in [-0.15, -0.1) is 0 Å². The maximum atomic E-state index is 13.3. The minimum Gasteiger partial charge on any atom is -0.338 e. The van der Waals surface area contributed by atoms with E-state index in [0.717, 1.165) is 18.2 Å². The van der Waals surface area contributed by atoms with Gasteiger partial charge in [0.15, 0.2) is 0 Å². The fraction of sp³-hybridized carbons (Fsp3) is 0.364. The first-order valence-electron chi connectivity index (χ1n) is 5.04. The molecule has 0 bridgehead atoms. The number of halogens is 2. The molecule has 0 aromatic heterocycles. The number of rotatable bonds is 4. The summed E-state index contributed by atoms with van der Waals surface area (Å²) < 4.78 is 26.2. The lowest BCUT2D eigenvalue weighted by Gasteiger charge is -2.20. The van der Waals surface area contributed by atoms with Crippen molar-refractivity contribution < 1.29 is 13.6 Å². The van der Waals surface area contributed by atoms with Crippen LogP contribution in [0.3, 0.4) is 0 Å². The summed E-state index contributed by atoms with van der Waals surface area (Å²) in [5.74, 6) is -1.89. The summed E-state index contributed by atoms with van der Waals surface area (Å²) in [6.07, 6.45) is 0. The van der Waals surface area contributed by atoms with Crippen molar-refractivity contribution in [3.8, 4) is 0 Å². The van der Waals surface area contributed by atoms with Crippen LogP contribution in [0.15, 0.2) is 18.2 Å². The van der Waals surface area contributed by atoms with Crippen LogP contribution < -0.4 is 5.73 Å². The van der Waals surface area contributed by atoms with E-state index in [2.05, 4.69) is 0 Å². The molecule has 0 aliphatic rings. The third kappa shape index (κ3) is 2.76. The molecule has 1 rings (SSSR count). The molecule has 0 fully saturated rings. The third-order valence-electron chi connectivity index (χ3n) is 2.23. The van der Waals surface area contributed by atoms with Crippen LogP contribution in [-0.2, 0) is 0 Å². The summed E-state index contributed by atoms with van der Waals surface area (Å²) in [7, 11) is 0. The van der Waals surface area contributed by atoms with Gasteiger partial charge < -0.3 is 10.6 Å². The minimum atomic E-state index is -0.720. The van der Waals surface area contributed by atoms with Crippen LogP contribution in [0.25, 0.3) is 0 Å². The third-order valence-corrected chi connectivity index (χ3v) is 2.23. The molecule has 3 nitrogen and oxygen atoms in total. The highest BCUT2D eigenvalue weighted by atomic mass is 19.1. The molecular formula is C11H14F2N2O. The molecule has 88 valence electrons. The van der Waals surface area contributed by atoms with Gasteiger partial charge in [0.05, 0.1) is 5.56 Å². The lowest BCUT2D eigenvalue weighted by atomic mass is 10.1. The molecule has 1 amide bonds. The van der Waals surface area contributed by atoms with Crippen LogP contribution in [0.2, 0.25) is 0 Å². The maximum Gasteiger partial charge on any atom is 0.256 e. The van der Waals surface area contributed by atoms with E-state index in [1.54, 1.807) is 6.92 Å². The van der Waals surface area contributed by atoms with E-state index in [1.165, 1.54) is 4.90 Å². The van der Waals surface area contributed by atoms with Crippen LogP contribution in [0, 0.1) is 11.6 Å². The van der Waals surface area contributed by atoms with Gasteiger partial charge in [-0.1, -0.05) is 0 Å². The van der Waals surface area contributed by atoms with Crippen LogP contribution in [0.1, 0.15) is 17.3 Å². The fourth-order valence-corrected chi connectivity index (χ4v) is 1.39. The summed E-state index contributed by atoms with van der Waals surface area (Å²) in [5, 5.41) is 0. The zero-order valence-electron chi connectivity index (χ0n) is 9.04. The molecule has 2 N–H and O–H groups in total. The quantitative estimate of drug-likeness (QED) is 0.846. The largest absolute Gasteiger partial charge is 0.338 e. The molecule has 0 spiro atoms. The first-order valence-corrected chi connectivity index (χ1v) is 5.04. The Balaban J connectivity index is 2.98. The Morgan fingerprint density at radius 3 is 2.69 bits per heavy atom. The van der Waals surface area contributed by atoms with Crippen LogP contribution >= 0.6 is 0 Å². The Hall–Kier alpha value is -1.49. The van der Waals surface area contributed by atoms with Crippen LogP contribution in [0.5, 0.6) is 0 Å². The highest BCUT2D eigenvalue weighted by Gasteiger charge is 2.17. The number of carbonyl (C=O) groups excluding carboxylic acids is 1. The number of benzene rings is 1. The molecule has 1 aromatic rings. The van der Waals surface area contributed by atoms with E-state index < -0.39 is 17.5 Å². The molecule has 0 heterocycles. The van der Waals surface area contributed by atoms with Crippen molar-refractivity contribution in [3.05, 3.63) is 35.4 Å². The number of carbonyl (C=O) groups is 1. The normalized spacial score (nSPS) is 10.2. The summed E-state index contributed by atoms with van der Waals surface area (Å²) in [4.78, 5) is 13.2. The lowest BCUT2D eigenvalue weighted by Crippen LogP contribution is -2.35. The van der Waals surface area contributed by atoms with Gasteiger partial charge >= 0.3 is 0 Å². The molecule has 0 saturated carbocycles. The Bertz CT molecular complexity index is 382. The summed E-state index contributed by atoms with van der Waals surface area (Å²) in [6, 6.07) is 2.82. The van der Waals surface area contributed by atoms with Crippen molar-refractivity contribution in [1.29, 1.82) is 0 Å². The first-order chi connectivity index (χ1) is 7.60. The predicted molar refractivity (Wildman–Crippen MR) is 57.0 cm³/mol. The molecule has 1 aromatic carbocycles. The average Bonchev–Trinajstić information content (AvgIpc) is 2.28. The van der Waals surface area contributed by atoms with Gasteiger partial charge in [0.25, 0.3) is 5.91 Å². The van der Waals surface area contributed by atoms with E-state index in [-0.39, 0.29) is 12.1 Å². The fourth-order valence-electron chi connectivity index (χ4n) is 1.39. The molecule has 5 heteroatoms. The number of likely N-dealkylation sites (N-methyl/N-ethyl adjacent to an activating group) is 1. The van der Waals surface area contributed by atoms with Gasteiger partial charge in [-0.2, -0.15) is 0 Å². The van der Waals surface area contributed by atoms with Crippen molar-refractivity contribution >= 4 is 5.91 Å². The molecule has 0 saturated heterocycles. The van der Waals surface area contributed by atoms with Crippen LogP contribution in [-0.4, -0.2) is 30.4 Å². The van der Waals surface area contributed by atoms with Crippen molar-refractivity contribution in [2.75, 3.05) is 19.6 Å². The highest BCUT2D eigenvalue weighted by molar-refractivity contribution is 5.94. The molecule has 0 aliphatic heterocycles. The van der Waals surface area contributed by atoms with E-state index in [4.69, 9.17) is 5.73 Å². The van der Waals surface area contributed by atoms with E-state index in [1.807, 2.05) is 0 Å². The van der Waals surface area contributed by atoms with Crippen molar-refractivity contribution in [2.24, 2.45) is 5.73 Å². The van der Waals surface area contributed by atoms with Crippen molar-refractivity contribution in [2.45, 2.75) is 6.92 Å². The van der Waals surface area contributed by atoms with Gasteiger partial charge in [0.1, 0.15) is 11.6 Å². The molecule has 0 unspecified atom stereocenters. The van der Waals surface area contributed by atoms with Gasteiger partial charge in [0, 0.05) is 19.6 Å². The molecular weight excluding hydrogens is 214 g/mol. The zero-order chi connectivity index (χ0) is 12.1. The summed E-state index contributed by atoms with van der Waals surface area (Å²) in [6.45, 7) is 2.78. The molecule has 16 heavy (non-hydrogen) atoms. The summed E-state index contributed by atoms with van der Waals surface area (Å²) in [5.41, 5.74) is 5.07. The minimum absolute atomic E-state index is 0.254. The van der Waals surface area contributed by atoms with Crippen molar-refractivity contribution in [3.63, 3.8) is 0 Å². The topological polar surface area (TPSA) is 46.3 Å². The smallest absolute Gasteiger partial charge is 0.256 e. The van der Waals surface area contributed by atoms with Gasteiger partial charge in [-0.3, -0.25) is 4.79 Å². The van der Waals surface area contributed by atoms with Crippen molar-refractivity contribution in [1.82, 2.24) is 4.90 Å². The Kier molecular flexibility index (Phi) is 4.37. The zero-order valence-corrected chi connectivity index (χ0v) is 9.04. The van der Waals surface area contributed by atoms with Crippen LogP contribution in [0.4, 0.5) is 8.78 Å². The Morgan fingerprint density at radius 2 is 2.12 bits per heavy atom. The second-order valence-corrected chi connectivity index (χ2v) is 3.30. The molecule has 0 radical (unpaired) electrons. The van der Waals surface area contributed by atoms with Gasteiger partial charge in [-0.25, -0.2) is 8.78 Å². The molecule has 0 aliphatic carbocycles. The molecule has 0 atom stereocenters. The average molecular weight is 228 g/mol. The van der Waals surface area contributed by atoms with Gasteiger partial charge in [0.2, 0.25) is 0 Å². The SMILES string of the molecule is CCN(CCN)C(=O)c1cc(F)ccc1F. The standard InChI is InChI=1S/C11H14F2N2O/c1-2-15(6-5-14)11(16)9-7-8(12)3-4-10(9)13/h3-4,7H,2,5-6,14H2,1H3. The van der Waals surface area contributed by atoms with E-state index in [9.17, 15) is 13.6 Å². The number of amides is 1. The van der Waals surface area contributed by atoms with E-state index in [0.29, 0.717) is 13.1 Å². The monoisotopic (exact) mass is 228 g/mol. The lowest BCUT2D eigenvalue weighted by molar-refractivity contribution is 0.0764.